The number of unbranched alkanes of at least 4 members (excludes halogenated alkanes) is 2. The van der Waals surface area contributed by atoms with E-state index in [1.807, 2.05) is 27.3 Å². The normalized spacial score (nSPS) is 9.88. The molecule has 5 aromatic rings. The molecule has 0 aliphatic heterocycles. The number of aldehydes is 2. The van der Waals surface area contributed by atoms with Crippen LogP contribution in [-0.4, -0.2) is 65.5 Å². The first kappa shape index (κ1) is 32.0. The zero-order valence-electron chi connectivity index (χ0n) is 23.0. The Morgan fingerprint density at radius 2 is 1.75 bits per heavy atom. The Balaban J connectivity index is 0.000000253. The molecule has 0 unspecified atom stereocenters. The van der Waals surface area contributed by atoms with Crippen LogP contribution in [0.1, 0.15) is 45.2 Å². The van der Waals surface area contributed by atoms with Gasteiger partial charge in [0.1, 0.15) is 5.82 Å². The fraction of sp³-hybridized carbons (Fsp3) is 0.286. The maximum atomic E-state index is 9.85. The van der Waals surface area contributed by atoms with Gasteiger partial charge in [-0.3, -0.25) is 14.6 Å². The molecule has 0 aliphatic carbocycles. The summed E-state index contributed by atoms with van der Waals surface area (Å²) in [6.45, 7) is 1.10. The van der Waals surface area contributed by atoms with Crippen LogP contribution >= 0.6 is 11.3 Å². The van der Waals surface area contributed by atoms with Gasteiger partial charge in [0.15, 0.2) is 24.1 Å². The topological polar surface area (TPSA) is 165 Å². The molecule has 0 aliphatic rings. The highest BCUT2D eigenvalue weighted by molar-refractivity contribution is 7.11. The highest BCUT2D eigenvalue weighted by Crippen LogP contribution is 2.23. The minimum absolute atomic E-state index is 0.0278. The lowest BCUT2D eigenvalue weighted by atomic mass is 10.1. The van der Waals surface area contributed by atoms with Crippen LogP contribution in [0.25, 0.3) is 22.0 Å². The molecule has 0 bridgehead atoms. The molecule has 0 fully saturated rings. The van der Waals surface area contributed by atoms with Gasteiger partial charge in [-0.05, 0) is 67.7 Å². The van der Waals surface area contributed by atoms with Crippen molar-refractivity contribution < 1.29 is 14.2 Å². The van der Waals surface area contributed by atoms with Crippen LogP contribution in [0.2, 0.25) is 0 Å². The molecule has 5 N–H and O–H groups in total. The number of H-pyrrole nitrogens is 1. The van der Waals surface area contributed by atoms with Crippen molar-refractivity contribution in [2.45, 2.75) is 25.7 Å². The lowest BCUT2D eigenvalue weighted by Gasteiger charge is -2.02. The molecule has 3 aromatic heterocycles. The van der Waals surface area contributed by atoms with Gasteiger partial charge in [-0.25, -0.2) is 9.61 Å². The third-order valence-corrected chi connectivity index (χ3v) is 5.95. The van der Waals surface area contributed by atoms with Gasteiger partial charge in [-0.15, -0.1) is 11.3 Å². The van der Waals surface area contributed by atoms with E-state index in [9.17, 15) is 9.59 Å². The van der Waals surface area contributed by atoms with Crippen molar-refractivity contribution in [2.75, 3.05) is 33.4 Å². The lowest BCUT2D eigenvalue weighted by Crippen LogP contribution is -2.07. The monoisotopic (exact) mass is 564 g/mol. The molecular formula is C28H36N8O3S. The van der Waals surface area contributed by atoms with E-state index < -0.39 is 0 Å². The van der Waals surface area contributed by atoms with Crippen LogP contribution in [0.15, 0.2) is 65.0 Å². The quantitative estimate of drug-likeness (QED) is 0.149. The summed E-state index contributed by atoms with van der Waals surface area (Å²) in [6.07, 6.45) is 9.44. The number of nitrogen functional groups attached to an aromatic ring is 1. The number of aryl methyl sites for hydroxylation is 1. The maximum Gasteiger partial charge on any atom is 0.199 e. The van der Waals surface area contributed by atoms with Gasteiger partial charge < -0.3 is 21.4 Å². The second-order valence-electron chi connectivity index (χ2n) is 8.39. The summed E-state index contributed by atoms with van der Waals surface area (Å²) in [5, 5.41) is 14.8. The molecule has 12 heteroatoms. The molecule has 0 saturated heterocycles. The first-order valence-electron chi connectivity index (χ1n) is 12.7. The molecule has 0 radical (unpaired) electrons. The Morgan fingerprint density at radius 1 is 0.975 bits per heavy atom. The number of rotatable bonds is 9. The second kappa shape index (κ2) is 18.9. The molecule has 11 nitrogen and oxygen atoms in total. The predicted molar refractivity (Wildman–Crippen MR) is 160 cm³/mol. The van der Waals surface area contributed by atoms with Crippen LogP contribution in [-0.2, 0) is 6.42 Å². The standard InChI is InChI=1S/C19H23N3.C4H3NOS.C3H3N3O2.C2H7N/c1-20-12-6-2-3-9-19-21-14-18(22-19)17-11-10-15-7-4-5-8-16(15)13-17;6-2-4-1-5-3-7-4;4-3-2(1-7)5-8-6-3;1-3-2/h4-5,7-8,10-11,13-14,20H,2-3,6,9,12H2,1H3,(H,21,22);1-3H;1H,(H2,4,6);3H,1-2H3. The van der Waals surface area contributed by atoms with Gasteiger partial charge in [0.25, 0.3) is 0 Å². The van der Waals surface area contributed by atoms with Crippen molar-refractivity contribution >= 4 is 40.5 Å². The summed E-state index contributed by atoms with van der Waals surface area (Å²) in [5.74, 6) is 1.12. The number of fused-ring (bicyclic) bond motifs is 1. The van der Waals surface area contributed by atoms with E-state index in [1.165, 1.54) is 53.1 Å². The minimum atomic E-state index is 0.0278. The van der Waals surface area contributed by atoms with E-state index in [4.69, 9.17) is 5.73 Å². The van der Waals surface area contributed by atoms with Crippen molar-refractivity contribution in [3.05, 3.63) is 76.8 Å². The highest BCUT2D eigenvalue weighted by atomic mass is 32.1. The van der Waals surface area contributed by atoms with Gasteiger partial charge in [0.2, 0.25) is 0 Å². The van der Waals surface area contributed by atoms with Crippen molar-refractivity contribution in [1.82, 2.24) is 35.9 Å². The number of aromatic amines is 1. The van der Waals surface area contributed by atoms with E-state index in [-0.39, 0.29) is 11.5 Å². The van der Waals surface area contributed by atoms with E-state index >= 15 is 0 Å². The summed E-state index contributed by atoms with van der Waals surface area (Å²) in [7, 11) is 5.75. The number of anilines is 1. The number of carbonyl (C=O) groups excluding carboxylic acids is 2. The van der Waals surface area contributed by atoms with Gasteiger partial charge in [-0.2, -0.15) is 0 Å². The maximum absolute atomic E-state index is 9.85. The largest absolute Gasteiger partial charge is 0.379 e. The van der Waals surface area contributed by atoms with Crippen LogP contribution in [0.5, 0.6) is 0 Å². The molecular weight excluding hydrogens is 528 g/mol. The summed E-state index contributed by atoms with van der Waals surface area (Å²) < 4.78 is 4.08. The smallest absolute Gasteiger partial charge is 0.199 e. The predicted octanol–water partition coefficient (Wildman–Crippen LogP) is 4.42. The number of aromatic nitrogens is 5. The van der Waals surface area contributed by atoms with E-state index in [2.05, 4.69) is 83.0 Å². The third kappa shape index (κ3) is 11.2. The minimum Gasteiger partial charge on any atom is -0.379 e. The molecule has 0 saturated carbocycles. The van der Waals surface area contributed by atoms with Crippen LogP contribution in [0, 0.1) is 0 Å². The van der Waals surface area contributed by atoms with E-state index in [0.29, 0.717) is 11.2 Å². The highest BCUT2D eigenvalue weighted by Gasteiger charge is 2.04. The SMILES string of the molecule is CNC.CNCCCCCc1ncc(-c2ccc3ccccc3c2)[nH]1.Nc1nonc1C=O.O=Cc1cncs1. The fourth-order valence-electron chi connectivity index (χ4n) is 3.33. The van der Waals surface area contributed by atoms with Crippen molar-refractivity contribution in [3.63, 3.8) is 0 Å². The number of carbonyl (C=O) groups is 2. The first-order valence-corrected chi connectivity index (χ1v) is 13.6. The molecule has 3 heterocycles. The second-order valence-corrected chi connectivity index (χ2v) is 9.31. The van der Waals surface area contributed by atoms with Gasteiger partial charge in [0.05, 0.1) is 22.3 Å². The number of nitrogens with one attached hydrogen (secondary N) is 3. The molecule has 0 amide bonds. The number of benzene rings is 2. The average molecular weight is 565 g/mol. The molecule has 212 valence electrons. The van der Waals surface area contributed by atoms with Crippen LogP contribution < -0.4 is 16.4 Å². The summed E-state index contributed by atoms with van der Waals surface area (Å²) in [6, 6.07) is 15.0. The van der Waals surface area contributed by atoms with Gasteiger partial charge in [0, 0.05) is 18.2 Å². The number of nitrogens with two attached hydrogens (primary N) is 1. The van der Waals surface area contributed by atoms with Gasteiger partial charge >= 0.3 is 0 Å². The summed E-state index contributed by atoms with van der Waals surface area (Å²) in [4.78, 5) is 32.0. The van der Waals surface area contributed by atoms with Crippen molar-refractivity contribution in [2.24, 2.45) is 0 Å². The Labute approximate surface area is 237 Å². The zero-order valence-corrected chi connectivity index (χ0v) is 23.8. The van der Waals surface area contributed by atoms with Crippen molar-refractivity contribution in [1.29, 1.82) is 0 Å². The molecule has 5 rings (SSSR count). The van der Waals surface area contributed by atoms with E-state index in [0.717, 1.165) is 30.8 Å². The average Bonchev–Trinajstić information content (AvgIpc) is 3.76. The molecule has 40 heavy (non-hydrogen) atoms. The number of imidazole rings is 1. The van der Waals surface area contributed by atoms with Crippen LogP contribution in [0.3, 0.4) is 0 Å². The molecule has 0 atom stereocenters. The van der Waals surface area contributed by atoms with Gasteiger partial charge in [-0.1, -0.05) is 42.8 Å². The zero-order chi connectivity index (χ0) is 29.0. The fourth-order valence-corrected chi connectivity index (χ4v) is 3.75. The Morgan fingerprint density at radius 3 is 2.33 bits per heavy atom. The molecule has 2 aromatic carbocycles. The van der Waals surface area contributed by atoms with Crippen molar-refractivity contribution in [3.8, 4) is 11.3 Å². The summed E-state index contributed by atoms with van der Waals surface area (Å²) >= 11 is 1.34. The van der Waals surface area contributed by atoms with E-state index in [1.54, 1.807) is 5.51 Å². The lowest BCUT2D eigenvalue weighted by molar-refractivity contribution is 0.111. The summed E-state index contributed by atoms with van der Waals surface area (Å²) in [5.41, 5.74) is 9.04. The number of hydrogen-bond acceptors (Lipinski definition) is 11. The third-order valence-electron chi connectivity index (χ3n) is 5.25. The number of hydrogen-bond donors (Lipinski definition) is 4. The number of nitrogens with zero attached hydrogens (tertiary/aromatic N) is 4. The first-order chi connectivity index (χ1) is 19.6. The Bertz CT molecular complexity index is 1390. The molecule has 0 spiro atoms. The Hall–Kier alpha value is -4.26. The number of thiazole rings is 1. The van der Waals surface area contributed by atoms with Crippen LogP contribution in [0.4, 0.5) is 5.82 Å². The Kier molecular flexibility index (Phi) is 15.1.